The number of fused-ring (bicyclic) bond motifs is 1. The summed E-state index contributed by atoms with van der Waals surface area (Å²) in [6.07, 6.45) is 1.69. The van der Waals surface area contributed by atoms with E-state index in [1.165, 1.54) is 0 Å². The average molecular weight is 425 g/mol. The van der Waals surface area contributed by atoms with Crippen LogP contribution in [0.1, 0.15) is 24.2 Å². The molecule has 1 fully saturated rings. The van der Waals surface area contributed by atoms with E-state index in [1.807, 2.05) is 43.3 Å². The Kier molecular flexibility index (Phi) is 6.03. The lowest BCUT2D eigenvalue weighted by Gasteiger charge is -2.33. The molecule has 1 atom stereocenters. The second-order valence-corrected chi connectivity index (χ2v) is 8.11. The van der Waals surface area contributed by atoms with Gasteiger partial charge < -0.3 is 9.64 Å². The Balaban J connectivity index is 1.81. The van der Waals surface area contributed by atoms with Gasteiger partial charge in [-0.1, -0.05) is 30.3 Å². The fourth-order valence-corrected chi connectivity index (χ4v) is 4.68. The first-order valence-electron chi connectivity index (χ1n) is 10.1. The van der Waals surface area contributed by atoms with E-state index >= 15 is 0 Å². The zero-order valence-electron chi connectivity index (χ0n) is 17.1. The van der Waals surface area contributed by atoms with Crippen molar-refractivity contribution in [1.82, 2.24) is 19.7 Å². The third kappa shape index (κ3) is 3.79. The van der Waals surface area contributed by atoms with Gasteiger partial charge in [0.2, 0.25) is 0 Å². The molecule has 1 aliphatic heterocycles. The van der Waals surface area contributed by atoms with Crippen LogP contribution in [0.15, 0.2) is 42.6 Å². The molecule has 1 aromatic carbocycles. The minimum absolute atomic E-state index is 0.186. The summed E-state index contributed by atoms with van der Waals surface area (Å²) in [5.74, 6) is 0.790. The summed E-state index contributed by atoms with van der Waals surface area (Å²) in [6.45, 7) is 5.21. The second-order valence-electron chi connectivity index (χ2n) is 6.96. The monoisotopic (exact) mass is 424 g/mol. The number of esters is 1. The molecule has 4 rings (SSSR count). The van der Waals surface area contributed by atoms with Crippen LogP contribution >= 0.6 is 11.8 Å². The lowest BCUT2D eigenvalue weighted by atomic mass is 10.1. The number of thioether (sulfide) groups is 1. The summed E-state index contributed by atoms with van der Waals surface area (Å²) < 4.78 is 7.01. The summed E-state index contributed by atoms with van der Waals surface area (Å²) in [6, 6.07) is 11.0. The predicted octanol–water partition coefficient (Wildman–Crippen LogP) is 3.24. The number of hydrogen-bond donors (Lipinski definition) is 0. The molecule has 0 radical (unpaired) electrons. The van der Waals surface area contributed by atoms with E-state index in [-0.39, 0.29) is 11.9 Å². The molecule has 1 saturated heterocycles. The van der Waals surface area contributed by atoms with E-state index in [0.29, 0.717) is 47.7 Å². The maximum absolute atomic E-state index is 13.7. The van der Waals surface area contributed by atoms with Gasteiger partial charge in [-0.3, -0.25) is 4.79 Å². The molecule has 2 aromatic heterocycles. The molecular formula is C22H24N4O3S. The van der Waals surface area contributed by atoms with Crippen molar-refractivity contribution in [3.8, 4) is 11.3 Å². The van der Waals surface area contributed by atoms with Crippen molar-refractivity contribution in [3.05, 3.63) is 48.2 Å². The highest BCUT2D eigenvalue weighted by Crippen LogP contribution is 2.28. The van der Waals surface area contributed by atoms with Crippen LogP contribution < -0.4 is 0 Å². The van der Waals surface area contributed by atoms with Crippen molar-refractivity contribution >= 4 is 34.7 Å². The van der Waals surface area contributed by atoms with Gasteiger partial charge in [0.25, 0.3) is 5.91 Å². The fraction of sp³-hybridized carbons (Fsp3) is 0.364. The van der Waals surface area contributed by atoms with Gasteiger partial charge >= 0.3 is 5.97 Å². The van der Waals surface area contributed by atoms with Gasteiger partial charge in [0.05, 0.1) is 29.4 Å². The molecule has 1 aliphatic rings. The normalized spacial score (nSPS) is 16.6. The highest BCUT2D eigenvalue weighted by atomic mass is 32.2. The first-order chi connectivity index (χ1) is 14.6. The Morgan fingerprint density at radius 2 is 2.03 bits per heavy atom. The van der Waals surface area contributed by atoms with Gasteiger partial charge in [-0.25, -0.2) is 14.5 Å². The first-order valence-corrected chi connectivity index (χ1v) is 11.3. The number of aryl methyl sites for hydroxylation is 1. The van der Waals surface area contributed by atoms with E-state index in [9.17, 15) is 9.59 Å². The minimum Gasteiger partial charge on any atom is -0.464 e. The van der Waals surface area contributed by atoms with Crippen LogP contribution in [0, 0.1) is 0 Å². The number of rotatable bonds is 5. The van der Waals surface area contributed by atoms with E-state index in [0.717, 1.165) is 11.3 Å². The van der Waals surface area contributed by atoms with Crippen molar-refractivity contribution in [2.75, 3.05) is 24.7 Å². The van der Waals surface area contributed by atoms with Crippen LogP contribution in [0.25, 0.3) is 22.3 Å². The van der Waals surface area contributed by atoms with Gasteiger partial charge in [-0.05, 0) is 19.9 Å². The van der Waals surface area contributed by atoms with Crippen LogP contribution in [0.5, 0.6) is 0 Å². The van der Waals surface area contributed by atoms with E-state index in [2.05, 4.69) is 5.10 Å². The molecule has 0 aliphatic carbocycles. The largest absolute Gasteiger partial charge is 0.464 e. The average Bonchev–Trinajstić information content (AvgIpc) is 3.22. The third-order valence-corrected chi connectivity index (χ3v) is 6.18. The van der Waals surface area contributed by atoms with Crippen molar-refractivity contribution in [2.45, 2.75) is 26.4 Å². The van der Waals surface area contributed by atoms with E-state index in [4.69, 9.17) is 9.72 Å². The number of benzene rings is 1. The topological polar surface area (TPSA) is 77.3 Å². The van der Waals surface area contributed by atoms with Crippen LogP contribution in [0.2, 0.25) is 0 Å². The highest BCUT2D eigenvalue weighted by Gasteiger charge is 2.35. The summed E-state index contributed by atoms with van der Waals surface area (Å²) >= 11 is 1.66. The summed E-state index contributed by atoms with van der Waals surface area (Å²) in [4.78, 5) is 32.6. The van der Waals surface area contributed by atoms with Crippen LogP contribution in [0.3, 0.4) is 0 Å². The Morgan fingerprint density at radius 1 is 1.23 bits per heavy atom. The Hall–Kier alpha value is -2.87. The molecule has 3 heterocycles. The molecule has 8 heteroatoms. The Morgan fingerprint density at radius 3 is 2.77 bits per heavy atom. The SMILES string of the molecule is CCOC(=O)C1CSCCN1C(=O)c1cc(-c2ccccc2)nc2c1cnn2CC. The number of aromatic nitrogens is 3. The number of carbonyl (C=O) groups excluding carboxylic acids is 2. The molecule has 1 amide bonds. The number of carbonyl (C=O) groups is 2. The standard InChI is InChI=1S/C22H24N4O3S/c1-3-26-20-17(13-23-26)16(12-18(24-20)15-8-6-5-7-9-15)21(27)25-10-11-30-14-19(25)22(28)29-4-2/h5-9,12-13,19H,3-4,10-11,14H2,1-2H3. The summed E-state index contributed by atoms with van der Waals surface area (Å²) in [5.41, 5.74) is 2.81. The predicted molar refractivity (Wildman–Crippen MR) is 117 cm³/mol. The lowest BCUT2D eigenvalue weighted by molar-refractivity contribution is -0.147. The van der Waals surface area contributed by atoms with Gasteiger partial charge in [-0.15, -0.1) is 0 Å². The number of amides is 1. The lowest BCUT2D eigenvalue weighted by Crippen LogP contribution is -2.51. The van der Waals surface area contributed by atoms with Gasteiger partial charge in [0.1, 0.15) is 6.04 Å². The number of ether oxygens (including phenoxy) is 1. The zero-order valence-corrected chi connectivity index (χ0v) is 17.9. The quantitative estimate of drug-likeness (QED) is 0.585. The number of pyridine rings is 1. The smallest absolute Gasteiger partial charge is 0.329 e. The molecule has 0 N–H and O–H groups in total. The van der Waals surface area contributed by atoms with Crippen molar-refractivity contribution in [1.29, 1.82) is 0 Å². The fourth-order valence-electron chi connectivity index (χ4n) is 3.65. The van der Waals surface area contributed by atoms with Crippen LogP contribution in [-0.4, -0.2) is 62.2 Å². The molecule has 0 bridgehead atoms. The molecular weight excluding hydrogens is 400 g/mol. The van der Waals surface area contributed by atoms with Crippen molar-refractivity contribution < 1.29 is 14.3 Å². The van der Waals surface area contributed by atoms with Crippen molar-refractivity contribution in [3.63, 3.8) is 0 Å². The number of nitrogens with zero attached hydrogens (tertiary/aromatic N) is 4. The Labute approximate surface area is 179 Å². The highest BCUT2D eigenvalue weighted by molar-refractivity contribution is 7.99. The Bertz CT molecular complexity index is 1070. The molecule has 0 spiro atoms. The molecule has 7 nitrogen and oxygen atoms in total. The third-order valence-electron chi connectivity index (χ3n) is 5.16. The van der Waals surface area contributed by atoms with Crippen LogP contribution in [-0.2, 0) is 16.1 Å². The molecule has 3 aromatic rings. The van der Waals surface area contributed by atoms with Gasteiger partial charge in [0.15, 0.2) is 5.65 Å². The van der Waals surface area contributed by atoms with Gasteiger partial charge in [0, 0.05) is 30.2 Å². The van der Waals surface area contributed by atoms with Crippen molar-refractivity contribution in [2.24, 2.45) is 0 Å². The van der Waals surface area contributed by atoms with Crippen LogP contribution in [0.4, 0.5) is 0 Å². The second kappa shape index (κ2) is 8.87. The maximum atomic E-state index is 13.7. The maximum Gasteiger partial charge on any atom is 0.329 e. The van der Waals surface area contributed by atoms with E-state index < -0.39 is 6.04 Å². The summed E-state index contributed by atoms with van der Waals surface area (Å²) in [7, 11) is 0. The van der Waals surface area contributed by atoms with E-state index in [1.54, 1.807) is 34.5 Å². The number of hydrogen-bond acceptors (Lipinski definition) is 6. The summed E-state index contributed by atoms with van der Waals surface area (Å²) in [5, 5.41) is 5.10. The molecule has 1 unspecified atom stereocenters. The van der Waals surface area contributed by atoms with Gasteiger partial charge in [-0.2, -0.15) is 16.9 Å². The minimum atomic E-state index is -0.583. The zero-order chi connectivity index (χ0) is 21.1. The first kappa shape index (κ1) is 20.4. The molecule has 0 saturated carbocycles. The molecule has 156 valence electrons. The molecule has 30 heavy (non-hydrogen) atoms.